The highest BCUT2D eigenvalue weighted by atomic mass is 35.5. The van der Waals surface area contributed by atoms with Crippen molar-refractivity contribution in [1.82, 2.24) is 4.90 Å². The maximum Gasteiger partial charge on any atom is 0.327 e. The normalized spacial score (nSPS) is 19.0. The summed E-state index contributed by atoms with van der Waals surface area (Å²) in [6.45, 7) is 0. The molecule has 7 heteroatoms. The number of rotatable bonds is 2. The summed E-state index contributed by atoms with van der Waals surface area (Å²) in [6, 6.07) is 3.74. The number of carboxylic acid groups (broad SMARTS) is 1. The van der Waals surface area contributed by atoms with Gasteiger partial charge in [0.1, 0.15) is 6.04 Å². The van der Waals surface area contributed by atoms with E-state index in [9.17, 15) is 9.59 Å². The largest absolute Gasteiger partial charge is 0.480 e. The molecule has 96 valence electrons. The first kappa shape index (κ1) is 13.5. The second-order valence-electron chi connectivity index (χ2n) is 3.76. The van der Waals surface area contributed by atoms with Crippen molar-refractivity contribution >= 4 is 46.8 Å². The summed E-state index contributed by atoms with van der Waals surface area (Å²) in [5.74, 6) is -0.558. The van der Waals surface area contributed by atoms with Gasteiger partial charge in [-0.25, -0.2) is 4.79 Å². The summed E-state index contributed by atoms with van der Waals surface area (Å²) >= 11 is 13.0. The smallest absolute Gasteiger partial charge is 0.327 e. The van der Waals surface area contributed by atoms with Gasteiger partial charge in [-0.1, -0.05) is 23.2 Å². The van der Waals surface area contributed by atoms with Crippen LogP contribution in [0.5, 0.6) is 0 Å². The van der Waals surface area contributed by atoms with Gasteiger partial charge in [0, 0.05) is 11.3 Å². The summed E-state index contributed by atoms with van der Waals surface area (Å²) in [5.41, 5.74) is 0.346. The molecule has 1 aromatic carbocycles. The first-order valence-corrected chi connectivity index (χ1v) is 6.98. The third kappa shape index (κ3) is 2.58. The molecule has 1 aromatic rings. The topological polar surface area (TPSA) is 57.6 Å². The van der Waals surface area contributed by atoms with Crippen LogP contribution < -0.4 is 0 Å². The lowest BCUT2D eigenvalue weighted by atomic mass is 10.2. The number of thioether (sulfide) groups is 1. The zero-order chi connectivity index (χ0) is 13.3. The van der Waals surface area contributed by atoms with Crippen LogP contribution in [-0.4, -0.2) is 39.6 Å². The fourth-order valence-corrected chi connectivity index (χ4v) is 3.09. The quantitative estimate of drug-likeness (QED) is 0.912. The summed E-state index contributed by atoms with van der Waals surface area (Å²) < 4.78 is 0. The maximum absolute atomic E-state index is 12.2. The van der Waals surface area contributed by atoms with Crippen LogP contribution in [0.15, 0.2) is 18.2 Å². The fraction of sp³-hybridized carbons (Fsp3) is 0.273. The first-order chi connectivity index (χ1) is 8.50. The van der Waals surface area contributed by atoms with E-state index in [-0.39, 0.29) is 10.9 Å². The van der Waals surface area contributed by atoms with Crippen molar-refractivity contribution in [2.45, 2.75) is 6.04 Å². The average molecular weight is 306 g/mol. The number of aliphatic carboxylic acids is 1. The molecule has 4 nitrogen and oxygen atoms in total. The minimum Gasteiger partial charge on any atom is -0.480 e. The number of carboxylic acids is 1. The molecule has 18 heavy (non-hydrogen) atoms. The Hall–Kier alpha value is -0.910. The van der Waals surface area contributed by atoms with Gasteiger partial charge >= 0.3 is 5.97 Å². The van der Waals surface area contributed by atoms with Gasteiger partial charge in [0.05, 0.1) is 15.9 Å². The molecule has 0 spiro atoms. The third-order valence-corrected chi connectivity index (χ3v) is 4.35. The Morgan fingerprint density at radius 1 is 1.33 bits per heavy atom. The Kier molecular flexibility index (Phi) is 4.04. The Morgan fingerprint density at radius 2 is 2.06 bits per heavy atom. The zero-order valence-corrected chi connectivity index (χ0v) is 11.4. The maximum atomic E-state index is 12.2. The van der Waals surface area contributed by atoms with Crippen molar-refractivity contribution in [1.29, 1.82) is 0 Å². The molecular weight excluding hydrogens is 297 g/mol. The molecule has 1 heterocycles. The monoisotopic (exact) mass is 305 g/mol. The van der Waals surface area contributed by atoms with Gasteiger partial charge in [-0.15, -0.1) is 11.8 Å². The van der Waals surface area contributed by atoms with E-state index in [0.717, 1.165) is 0 Å². The Morgan fingerprint density at radius 3 is 2.67 bits per heavy atom. The predicted octanol–water partition coefficient (Wildman–Crippen LogP) is 2.59. The van der Waals surface area contributed by atoms with Gasteiger partial charge in [-0.2, -0.15) is 0 Å². The number of halogens is 2. The van der Waals surface area contributed by atoms with Gasteiger partial charge in [-0.3, -0.25) is 4.79 Å². The van der Waals surface area contributed by atoms with Crippen molar-refractivity contribution < 1.29 is 14.7 Å². The minimum atomic E-state index is -0.992. The number of hydrogen-bond donors (Lipinski definition) is 1. The second-order valence-corrected chi connectivity index (χ2v) is 5.57. The standard InChI is InChI=1S/C11H9Cl2NO3S/c12-7-2-1-6(3-8(7)13)10(15)14-5-18-4-9(14)11(16)17/h1-3,9H,4-5H2,(H,16,17). The van der Waals surface area contributed by atoms with Crippen molar-refractivity contribution in [3.63, 3.8) is 0 Å². The SMILES string of the molecule is O=C(O)C1CSCN1C(=O)c1ccc(Cl)c(Cl)c1. The number of benzene rings is 1. The van der Waals surface area contributed by atoms with Gasteiger partial charge < -0.3 is 10.0 Å². The third-order valence-electron chi connectivity index (χ3n) is 2.59. The van der Waals surface area contributed by atoms with Gasteiger partial charge in [-0.05, 0) is 18.2 Å². The number of hydrogen-bond acceptors (Lipinski definition) is 3. The Bertz CT molecular complexity index is 509. The van der Waals surface area contributed by atoms with Crippen molar-refractivity contribution in [2.24, 2.45) is 0 Å². The Labute approximate surface area is 118 Å². The molecule has 0 aromatic heterocycles. The van der Waals surface area contributed by atoms with Crippen LogP contribution in [0.3, 0.4) is 0 Å². The van der Waals surface area contributed by atoms with Crippen LogP contribution in [0.4, 0.5) is 0 Å². The number of nitrogens with zero attached hydrogens (tertiary/aromatic N) is 1. The predicted molar refractivity (Wildman–Crippen MR) is 71.4 cm³/mol. The lowest BCUT2D eigenvalue weighted by molar-refractivity contribution is -0.140. The second kappa shape index (κ2) is 5.38. The van der Waals surface area contributed by atoms with Gasteiger partial charge in [0.15, 0.2) is 0 Å². The summed E-state index contributed by atoms with van der Waals surface area (Å²) in [6.07, 6.45) is 0. The van der Waals surface area contributed by atoms with Crippen molar-refractivity contribution in [2.75, 3.05) is 11.6 Å². The van der Waals surface area contributed by atoms with E-state index in [1.165, 1.54) is 28.8 Å². The average Bonchev–Trinajstić information content (AvgIpc) is 2.81. The molecule has 0 bridgehead atoms. The van der Waals surface area contributed by atoms with E-state index in [2.05, 4.69) is 0 Å². The van der Waals surface area contributed by atoms with E-state index in [1.54, 1.807) is 6.07 Å². The molecule has 1 saturated heterocycles. The molecule has 1 unspecified atom stereocenters. The van der Waals surface area contributed by atoms with E-state index >= 15 is 0 Å². The van der Waals surface area contributed by atoms with Crippen LogP contribution in [0.1, 0.15) is 10.4 Å². The molecule has 0 saturated carbocycles. The van der Waals surface area contributed by atoms with Crippen LogP contribution in [0, 0.1) is 0 Å². The molecule has 1 N–H and O–H groups in total. The molecule has 2 rings (SSSR count). The number of carbonyl (C=O) groups excluding carboxylic acids is 1. The molecular formula is C11H9Cl2NO3S. The van der Waals surface area contributed by atoms with Crippen LogP contribution in [0.2, 0.25) is 10.0 Å². The highest BCUT2D eigenvalue weighted by molar-refractivity contribution is 7.99. The molecule has 1 atom stereocenters. The molecule has 0 radical (unpaired) electrons. The molecule has 1 amide bonds. The first-order valence-electron chi connectivity index (χ1n) is 5.07. The fourth-order valence-electron chi connectivity index (χ4n) is 1.64. The minimum absolute atomic E-state index is 0.279. The molecule has 0 aliphatic carbocycles. The van der Waals surface area contributed by atoms with Gasteiger partial charge in [0.25, 0.3) is 5.91 Å². The molecule has 1 aliphatic rings. The summed E-state index contributed by atoms with van der Waals surface area (Å²) in [4.78, 5) is 24.5. The van der Waals surface area contributed by atoms with Crippen LogP contribution >= 0.6 is 35.0 Å². The van der Waals surface area contributed by atoms with Gasteiger partial charge in [0.2, 0.25) is 0 Å². The molecule has 1 aliphatic heterocycles. The van der Waals surface area contributed by atoms with Crippen LogP contribution in [-0.2, 0) is 4.79 Å². The van der Waals surface area contributed by atoms with E-state index in [4.69, 9.17) is 28.3 Å². The van der Waals surface area contributed by atoms with E-state index in [1.807, 2.05) is 0 Å². The van der Waals surface area contributed by atoms with Crippen LogP contribution in [0.25, 0.3) is 0 Å². The zero-order valence-electron chi connectivity index (χ0n) is 9.10. The lowest BCUT2D eigenvalue weighted by Gasteiger charge is -2.20. The highest BCUT2D eigenvalue weighted by Crippen LogP contribution is 2.27. The summed E-state index contributed by atoms with van der Waals surface area (Å²) in [7, 11) is 0. The van der Waals surface area contributed by atoms with E-state index < -0.39 is 12.0 Å². The number of amides is 1. The lowest BCUT2D eigenvalue weighted by Crippen LogP contribution is -2.41. The van der Waals surface area contributed by atoms with E-state index in [0.29, 0.717) is 22.2 Å². The Balaban J connectivity index is 2.25. The number of carbonyl (C=O) groups is 2. The molecule has 1 fully saturated rings. The van der Waals surface area contributed by atoms with Crippen molar-refractivity contribution in [3.05, 3.63) is 33.8 Å². The highest BCUT2D eigenvalue weighted by Gasteiger charge is 2.35. The summed E-state index contributed by atoms with van der Waals surface area (Å²) in [5, 5.41) is 9.66. The van der Waals surface area contributed by atoms with Crippen molar-refractivity contribution in [3.8, 4) is 0 Å².